The zero-order valence-corrected chi connectivity index (χ0v) is 9.99. The summed E-state index contributed by atoms with van der Waals surface area (Å²) >= 11 is 0. The molecule has 0 aromatic carbocycles. The minimum Gasteiger partial charge on any atom is -0.465 e. The van der Waals surface area contributed by atoms with Crippen molar-refractivity contribution in [2.45, 2.75) is 26.2 Å². The number of carbonyl (C=O) groups excluding carboxylic acids is 1. The fraction of sp³-hybridized carbons (Fsp3) is 0.545. The molecule has 0 spiro atoms. The molecule has 1 rings (SSSR count). The molecule has 0 saturated heterocycles. The van der Waals surface area contributed by atoms with Crippen LogP contribution in [0.1, 0.15) is 35.7 Å². The van der Waals surface area contributed by atoms with Crippen molar-refractivity contribution in [2.24, 2.45) is 5.90 Å². The minimum absolute atomic E-state index is 0.306. The molecule has 0 radical (unpaired) electrons. The Kier molecular flexibility index (Phi) is 3.72. The number of aryl methyl sites for hydroxylation is 1. The molecule has 0 atom stereocenters. The van der Waals surface area contributed by atoms with Crippen LogP contribution in [0.15, 0.2) is 10.5 Å². The number of hydrogen-bond acceptors (Lipinski definition) is 5. The van der Waals surface area contributed by atoms with Crippen LogP contribution in [0.25, 0.3) is 0 Å². The molecule has 5 nitrogen and oxygen atoms in total. The molecule has 16 heavy (non-hydrogen) atoms. The van der Waals surface area contributed by atoms with E-state index in [1.165, 1.54) is 7.11 Å². The molecule has 1 aromatic heterocycles. The van der Waals surface area contributed by atoms with E-state index in [2.05, 4.69) is 9.57 Å². The Bertz CT molecular complexity index is 381. The molecule has 0 saturated carbocycles. The first-order valence-corrected chi connectivity index (χ1v) is 4.93. The highest BCUT2D eigenvalue weighted by molar-refractivity contribution is 5.90. The summed E-state index contributed by atoms with van der Waals surface area (Å²) < 4.78 is 10.2. The van der Waals surface area contributed by atoms with Crippen LogP contribution in [0.3, 0.4) is 0 Å². The largest absolute Gasteiger partial charge is 0.465 e. The van der Waals surface area contributed by atoms with E-state index in [0.717, 1.165) is 0 Å². The van der Waals surface area contributed by atoms with E-state index in [9.17, 15) is 4.79 Å². The van der Waals surface area contributed by atoms with Crippen LogP contribution in [-0.4, -0.2) is 19.7 Å². The van der Waals surface area contributed by atoms with Crippen LogP contribution in [0, 0.1) is 6.92 Å². The number of carbonyl (C=O) groups is 1. The molecular formula is C11H17NO4. The third kappa shape index (κ3) is 2.43. The number of methoxy groups -OCH3 is 1. The summed E-state index contributed by atoms with van der Waals surface area (Å²) in [6, 6.07) is 1.67. The van der Waals surface area contributed by atoms with E-state index in [0.29, 0.717) is 23.7 Å². The van der Waals surface area contributed by atoms with Crippen molar-refractivity contribution in [3.05, 3.63) is 23.2 Å². The molecule has 0 aliphatic rings. The molecule has 0 fully saturated rings. The highest BCUT2D eigenvalue weighted by Crippen LogP contribution is 2.28. The maximum atomic E-state index is 11.4. The average Bonchev–Trinajstić information content (AvgIpc) is 2.60. The highest BCUT2D eigenvalue weighted by Gasteiger charge is 2.28. The maximum Gasteiger partial charge on any atom is 0.341 e. The van der Waals surface area contributed by atoms with E-state index >= 15 is 0 Å². The first kappa shape index (κ1) is 12.7. The van der Waals surface area contributed by atoms with Crippen LogP contribution < -0.4 is 5.90 Å². The lowest BCUT2D eigenvalue weighted by Gasteiger charge is -2.19. The van der Waals surface area contributed by atoms with Gasteiger partial charge in [0.25, 0.3) is 0 Å². The molecule has 0 aliphatic carbocycles. The van der Waals surface area contributed by atoms with Gasteiger partial charge in [0, 0.05) is 5.41 Å². The summed E-state index contributed by atoms with van der Waals surface area (Å²) in [6.45, 7) is 5.86. The van der Waals surface area contributed by atoms with Gasteiger partial charge in [0.1, 0.15) is 17.1 Å². The normalized spacial score (nSPS) is 11.6. The van der Waals surface area contributed by atoms with Crippen molar-refractivity contribution in [3.8, 4) is 0 Å². The zero-order valence-electron chi connectivity index (χ0n) is 9.99. The second-order valence-corrected chi connectivity index (χ2v) is 4.27. The van der Waals surface area contributed by atoms with Crippen molar-refractivity contribution < 1.29 is 18.8 Å². The summed E-state index contributed by atoms with van der Waals surface area (Å²) in [5, 5.41) is 0. The molecule has 0 bridgehead atoms. The van der Waals surface area contributed by atoms with Gasteiger partial charge in [-0.3, -0.25) is 0 Å². The molecule has 0 unspecified atom stereocenters. The van der Waals surface area contributed by atoms with Gasteiger partial charge in [0.05, 0.1) is 13.7 Å². The standard InChI is InChI=1S/C11H17NO4/c1-7-8(10(13)14-4)5-9(16-7)11(2,3)6-15-12/h5H,6,12H2,1-4H3. The zero-order chi connectivity index (χ0) is 12.3. The van der Waals surface area contributed by atoms with E-state index in [1.54, 1.807) is 13.0 Å². The highest BCUT2D eigenvalue weighted by atomic mass is 16.6. The minimum atomic E-state index is -0.406. The lowest BCUT2D eigenvalue weighted by Crippen LogP contribution is -2.25. The number of nitrogens with two attached hydrogens (primary N) is 1. The smallest absolute Gasteiger partial charge is 0.341 e. The van der Waals surface area contributed by atoms with E-state index in [1.807, 2.05) is 13.8 Å². The Hall–Kier alpha value is -1.33. The summed E-state index contributed by atoms with van der Waals surface area (Å²) in [5.74, 6) is 5.83. The van der Waals surface area contributed by atoms with Gasteiger partial charge < -0.3 is 14.0 Å². The third-order valence-electron chi connectivity index (χ3n) is 2.43. The topological polar surface area (TPSA) is 74.7 Å². The molecule has 90 valence electrons. The Balaban J connectivity index is 3.05. The van der Waals surface area contributed by atoms with Gasteiger partial charge in [0.2, 0.25) is 0 Å². The Morgan fingerprint density at radius 1 is 1.56 bits per heavy atom. The molecule has 5 heteroatoms. The summed E-state index contributed by atoms with van der Waals surface area (Å²) in [5.41, 5.74) is 0.0498. The van der Waals surface area contributed by atoms with Gasteiger partial charge >= 0.3 is 5.97 Å². The molecule has 0 amide bonds. The summed E-state index contributed by atoms with van der Waals surface area (Å²) in [7, 11) is 1.34. The Labute approximate surface area is 94.5 Å². The summed E-state index contributed by atoms with van der Waals surface area (Å²) in [6.07, 6.45) is 0. The van der Waals surface area contributed by atoms with Gasteiger partial charge in [0.15, 0.2) is 0 Å². The second kappa shape index (κ2) is 4.67. The number of furan rings is 1. The van der Waals surface area contributed by atoms with Gasteiger partial charge in [-0.25, -0.2) is 10.7 Å². The van der Waals surface area contributed by atoms with Crippen LogP contribution in [0.4, 0.5) is 0 Å². The van der Waals surface area contributed by atoms with Crippen molar-refractivity contribution >= 4 is 5.97 Å². The van der Waals surface area contributed by atoms with Gasteiger partial charge in [-0.15, -0.1) is 0 Å². The number of rotatable bonds is 4. The van der Waals surface area contributed by atoms with E-state index < -0.39 is 5.97 Å². The van der Waals surface area contributed by atoms with Crippen molar-refractivity contribution in [1.82, 2.24) is 0 Å². The molecule has 0 aliphatic heterocycles. The summed E-state index contributed by atoms with van der Waals surface area (Å²) in [4.78, 5) is 16.0. The quantitative estimate of drug-likeness (QED) is 0.623. The monoisotopic (exact) mass is 227 g/mol. The second-order valence-electron chi connectivity index (χ2n) is 4.27. The lowest BCUT2D eigenvalue weighted by atomic mass is 9.91. The molecule has 1 heterocycles. The molecular weight excluding hydrogens is 210 g/mol. The number of ether oxygens (including phenoxy) is 1. The Morgan fingerprint density at radius 3 is 2.69 bits per heavy atom. The lowest BCUT2D eigenvalue weighted by molar-refractivity contribution is 0.0599. The fourth-order valence-electron chi connectivity index (χ4n) is 1.41. The fourth-order valence-corrected chi connectivity index (χ4v) is 1.41. The third-order valence-corrected chi connectivity index (χ3v) is 2.43. The Morgan fingerprint density at radius 2 is 2.19 bits per heavy atom. The predicted octanol–water partition coefficient (Wildman–Crippen LogP) is 1.54. The van der Waals surface area contributed by atoms with Crippen molar-refractivity contribution in [2.75, 3.05) is 13.7 Å². The number of hydrogen-bond donors (Lipinski definition) is 1. The van der Waals surface area contributed by atoms with Gasteiger partial charge in [-0.05, 0) is 13.0 Å². The first-order valence-electron chi connectivity index (χ1n) is 4.93. The van der Waals surface area contributed by atoms with Gasteiger partial charge in [-0.2, -0.15) is 0 Å². The maximum absolute atomic E-state index is 11.4. The molecule has 1 aromatic rings. The van der Waals surface area contributed by atoms with E-state index in [-0.39, 0.29) is 5.41 Å². The predicted molar refractivity (Wildman–Crippen MR) is 57.9 cm³/mol. The van der Waals surface area contributed by atoms with Gasteiger partial charge in [-0.1, -0.05) is 13.8 Å². The van der Waals surface area contributed by atoms with Crippen molar-refractivity contribution in [1.29, 1.82) is 0 Å². The van der Waals surface area contributed by atoms with E-state index in [4.69, 9.17) is 10.3 Å². The van der Waals surface area contributed by atoms with Crippen molar-refractivity contribution in [3.63, 3.8) is 0 Å². The first-order chi connectivity index (χ1) is 7.42. The SMILES string of the molecule is COC(=O)c1cc(C(C)(C)CON)oc1C. The van der Waals surface area contributed by atoms with Crippen LogP contribution in [-0.2, 0) is 15.0 Å². The average molecular weight is 227 g/mol. The van der Waals surface area contributed by atoms with Crippen LogP contribution >= 0.6 is 0 Å². The molecule has 2 N–H and O–H groups in total. The van der Waals surface area contributed by atoms with Crippen LogP contribution in [0.5, 0.6) is 0 Å². The number of esters is 1. The van der Waals surface area contributed by atoms with Crippen LogP contribution in [0.2, 0.25) is 0 Å².